The maximum Gasteiger partial charge on any atom is 0.227 e. The topological polar surface area (TPSA) is 50.2 Å². The van der Waals surface area contributed by atoms with E-state index < -0.39 is 0 Å². The molecule has 2 fully saturated rings. The second kappa shape index (κ2) is 6.82. The molecule has 22 heavy (non-hydrogen) atoms. The molecule has 1 aliphatic carbocycles. The number of aromatic nitrogens is 2. The van der Waals surface area contributed by atoms with E-state index in [-0.39, 0.29) is 11.8 Å². The summed E-state index contributed by atoms with van der Waals surface area (Å²) in [6.45, 7) is 2.59. The molecule has 5 nitrogen and oxygen atoms in total. The van der Waals surface area contributed by atoms with E-state index >= 15 is 0 Å². The molecule has 2 aliphatic rings. The van der Waals surface area contributed by atoms with Crippen molar-refractivity contribution in [2.24, 2.45) is 18.9 Å². The van der Waals surface area contributed by atoms with E-state index in [1.807, 2.05) is 36.1 Å². The molecule has 1 aromatic heterocycles. The second-order valence-electron chi connectivity index (χ2n) is 7.04. The van der Waals surface area contributed by atoms with Gasteiger partial charge < -0.3 is 10.2 Å². The normalized spacial score (nSPS) is 26.3. The highest BCUT2D eigenvalue weighted by molar-refractivity contribution is 5.80. The van der Waals surface area contributed by atoms with Crippen molar-refractivity contribution in [1.82, 2.24) is 20.0 Å². The molecule has 1 N–H and O–H groups in total. The Morgan fingerprint density at radius 1 is 1.36 bits per heavy atom. The predicted octanol–water partition coefficient (Wildman–Crippen LogP) is 1.76. The highest BCUT2D eigenvalue weighted by Crippen LogP contribution is 2.30. The van der Waals surface area contributed by atoms with Crippen molar-refractivity contribution in [2.75, 3.05) is 26.7 Å². The first-order chi connectivity index (χ1) is 10.6. The van der Waals surface area contributed by atoms with Crippen molar-refractivity contribution in [1.29, 1.82) is 0 Å². The summed E-state index contributed by atoms with van der Waals surface area (Å²) < 4.78 is 1.82. The van der Waals surface area contributed by atoms with E-state index in [9.17, 15) is 4.79 Å². The number of amides is 1. The van der Waals surface area contributed by atoms with Crippen LogP contribution in [0.3, 0.4) is 0 Å². The minimum atomic E-state index is 0.0535. The SMILES string of the molecule is CN(CC1CCCCC1)C(=O)[C@H]1CNC[C@@H]1c1cnn(C)c1. The van der Waals surface area contributed by atoms with Crippen LogP contribution in [0.4, 0.5) is 0 Å². The fourth-order valence-corrected chi connectivity index (χ4v) is 4.05. The molecule has 1 saturated heterocycles. The van der Waals surface area contributed by atoms with Crippen LogP contribution >= 0.6 is 0 Å². The zero-order valence-electron chi connectivity index (χ0n) is 13.8. The molecule has 5 heteroatoms. The summed E-state index contributed by atoms with van der Waals surface area (Å²) in [6.07, 6.45) is 10.5. The maximum atomic E-state index is 12.9. The number of hydrogen-bond acceptors (Lipinski definition) is 3. The lowest BCUT2D eigenvalue weighted by Gasteiger charge is -2.29. The minimum Gasteiger partial charge on any atom is -0.345 e. The van der Waals surface area contributed by atoms with Gasteiger partial charge in [0.2, 0.25) is 5.91 Å². The monoisotopic (exact) mass is 304 g/mol. The van der Waals surface area contributed by atoms with Gasteiger partial charge in [-0.3, -0.25) is 9.48 Å². The number of carbonyl (C=O) groups is 1. The van der Waals surface area contributed by atoms with Gasteiger partial charge >= 0.3 is 0 Å². The third-order valence-corrected chi connectivity index (χ3v) is 5.32. The zero-order valence-corrected chi connectivity index (χ0v) is 13.8. The van der Waals surface area contributed by atoms with Gasteiger partial charge in [0.1, 0.15) is 0 Å². The van der Waals surface area contributed by atoms with Gasteiger partial charge in [-0.25, -0.2) is 0 Å². The van der Waals surface area contributed by atoms with E-state index in [0.717, 1.165) is 19.6 Å². The lowest BCUT2D eigenvalue weighted by molar-refractivity contribution is -0.134. The van der Waals surface area contributed by atoms with Crippen LogP contribution in [0.1, 0.15) is 43.6 Å². The number of aryl methyl sites for hydroxylation is 1. The summed E-state index contributed by atoms with van der Waals surface area (Å²) in [5, 5.41) is 7.64. The highest BCUT2D eigenvalue weighted by Gasteiger charge is 2.36. The van der Waals surface area contributed by atoms with Gasteiger partial charge in [-0.15, -0.1) is 0 Å². The molecule has 1 aromatic rings. The Balaban J connectivity index is 1.62. The average molecular weight is 304 g/mol. The standard InChI is InChI=1S/C17H28N4O/c1-20(11-13-6-4-3-5-7-13)17(22)16-10-18-9-15(16)14-8-19-21(2)12-14/h8,12-13,15-16,18H,3-7,9-11H2,1-2H3/t15-,16+/m1/s1. The van der Waals surface area contributed by atoms with Gasteiger partial charge in [-0.1, -0.05) is 19.3 Å². The van der Waals surface area contributed by atoms with Crippen molar-refractivity contribution in [2.45, 2.75) is 38.0 Å². The molecule has 1 aliphatic heterocycles. The van der Waals surface area contributed by atoms with Crippen molar-refractivity contribution < 1.29 is 4.79 Å². The van der Waals surface area contributed by atoms with Crippen LogP contribution in [0.2, 0.25) is 0 Å². The van der Waals surface area contributed by atoms with Crippen LogP contribution in [-0.2, 0) is 11.8 Å². The highest BCUT2D eigenvalue weighted by atomic mass is 16.2. The van der Waals surface area contributed by atoms with E-state index in [1.165, 1.54) is 37.7 Å². The van der Waals surface area contributed by atoms with Crippen LogP contribution in [0.5, 0.6) is 0 Å². The largest absolute Gasteiger partial charge is 0.345 e. The lowest BCUT2D eigenvalue weighted by atomic mass is 9.87. The molecule has 0 unspecified atom stereocenters. The van der Waals surface area contributed by atoms with Crippen molar-refractivity contribution in [3.05, 3.63) is 18.0 Å². The molecule has 3 rings (SSSR count). The lowest BCUT2D eigenvalue weighted by Crippen LogP contribution is -2.39. The molecule has 122 valence electrons. The average Bonchev–Trinajstić information content (AvgIpc) is 3.15. The first kappa shape index (κ1) is 15.5. The summed E-state index contributed by atoms with van der Waals surface area (Å²) in [5.41, 5.74) is 1.18. The quantitative estimate of drug-likeness (QED) is 0.922. The fourth-order valence-electron chi connectivity index (χ4n) is 4.05. The van der Waals surface area contributed by atoms with Crippen LogP contribution in [0.25, 0.3) is 0 Å². The Morgan fingerprint density at radius 3 is 2.82 bits per heavy atom. The first-order valence-electron chi connectivity index (χ1n) is 8.59. The minimum absolute atomic E-state index is 0.0535. The zero-order chi connectivity index (χ0) is 15.5. The molecule has 0 spiro atoms. The number of hydrogen-bond donors (Lipinski definition) is 1. The summed E-state index contributed by atoms with van der Waals surface area (Å²) in [5.74, 6) is 1.31. The van der Waals surface area contributed by atoms with Crippen LogP contribution < -0.4 is 5.32 Å². The molecular weight excluding hydrogens is 276 g/mol. The predicted molar refractivity (Wildman–Crippen MR) is 86.5 cm³/mol. The van der Waals surface area contributed by atoms with E-state index in [4.69, 9.17) is 0 Å². The Labute approximate surface area is 133 Å². The van der Waals surface area contributed by atoms with Crippen molar-refractivity contribution in [3.8, 4) is 0 Å². The number of carbonyl (C=O) groups excluding carboxylic acids is 1. The maximum absolute atomic E-state index is 12.9. The smallest absolute Gasteiger partial charge is 0.227 e. The van der Waals surface area contributed by atoms with E-state index in [2.05, 4.69) is 10.4 Å². The van der Waals surface area contributed by atoms with E-state index in [0.29, 0.717) is 11.8 Å². The van der Waals surface area contributed by atoms with Crippen LogP contribution in [0, 0.1) is 11.8 Å². The Morgan fingerprint density at radius 2 is 2.14 bits per heavy atom. The van der Waals surface area contributed by atoms with Gasteiger partial charge in [0.25, 0.3) is 0 Å². The summed E-state index contributed by atoms with van der Waals surface area (Å²) in [7, 11) is 3.91. The van der Waals surface area contributed by atoms with Crippen molar-refractivity contribution >= 4 is 5.91 Å². The summed E-state index contributed by atoms with van der Waals surface area (Å²) >= 11 is 0. The van der Waals surface area contributed by atoms with Gasteiger partial charge in [0, 0.05) is 45.8 Å². The Kier molecular flexibility index (Phi) is 4.81. The first-order valence-corrected chi connectivity index (χ1v) is 8.59. The Bertz CT molecular complexity index is 507. The number of nitrogens with zero attached hydrogens (tertiary/aromatic N) is 3. The molecule has 0 radical (unpaired) electrons. The molecule has 0 bridgehead atoms. The molecule has 1 saturated carbocycles. The Hall–Kier alpha value is -1.36. The molecule has 2 heterocycles. The van der Waals surface area contributed by atoms with Crippen LogP contribution in [0.15, 0.2) is 12.4 Å². The number of rotatable bonds is 4. The third-order valence-electron chi connectivity index (χ3n) is 5.32. The van der Waals surface area contributed by atoms with Gasteiger partial charge in [0.05, 0.1) is 12.1 Å². The third kappa shape index (κ3) is 3.35. The molecule has 2 atom stereocenters. The summed E-state index contributed by atoms with van der Waals surface area (Å²) in [6, 6.07) is 0. The van der Waals surface area contributed by atoms with Crippen molar-refractivity contribution in [3.63, 3.8) is 0 Å². The van der Waals surface area contributed by atoms with Gasteiger partial charge in [-0.05, 0) is 24.3 Å². The van der Waals surface area contributed by atoms with E-state index in [1.54, 1.807) is 0 Å². The van der Waals surface area contributed by atoms with Gasteiger partial charge in [-0.2, -0.15) is 5.10 Å². The second-order valence-corrected chi connectivity index (χ2v) is 7.04. The van der Waals surface area contributed by atoms with Crippen LogP contribution in [-0.4, -0.2) is 47.3 Å². The molecular formula is C17H28N4O. The fraction of sp³-hybridized carbons (Fsp3) is 0.765. The molecule has 0 aromatic carbocycles. The van der Waals surface area contributed by atoms with Gasteiger partial charge in [0.15, 0.2) is 0 Å². The number of nitrogens with one attached hydrogen (secondary N) is 1. The molecule has 1 amide bonds. The summed E-state index contributed by atoms with van der Waals surface area (Å²) in [4.78, 5) is 14.9.